The van der Waals surface area contributed by atoms with Gasteiger partial charge in [0.05, 0.1) is 19.3 Å². The Hall–Kier alpha value is -2.04. The number of sulfonamides is 1. The van der Waals surface area contributed by atoms with E-state index < -0.39 is 21.2 Å². The molecule has 1 aromatic carbocycles. The number of nitrogens with two attached hydrogens (primary N) is 1. The number of nitrogens with one attached hydrogen (secondary N) is 1. The fraction of sp³-hybridized carbons (Fsp3) is 0.357. The minimum Gasteiger partial charge on any atom is -0.468 e. The minimum absolute atomic E-state index is 0.217. The molecule has 114 valence electrons. The van der Waals surface area contributed by atoms with Crippen molar-refractivity contribution >= 4 is 21.7 Å². The quantitative estimate of drug-likeness (QED) is 0.627. The van der Waals surface area contributed by atoms with Crippen LogP contribution in [0.5, 0.6) is 0 Å². The smallest absolute Gasteiger partial charge is 0.325 e. The summed E-state index contributed by atoms with van der Waals surface area (Å²) < 4.78 is 31.1. The van der Waals surface area contributed by atoms with Gasteiger partial charge in [0, 0.05) is 5.56 Å². The lowest BCUT2D eigenvalue weighted by atomic mass is 10.1. The number of methoxy groups -OCH3 is 1. The molecule has 0 saturated heterocycles. The number of ether oxygens (including phenoxy) is 1. The van der Waals surface area contributed by atoms with Gasteiger partial charge in [0.15, 0.2) is 5.25 Å². The summed E-state index contributed by atoms with van der Waals surface area (Å²) in [6, 6.07) is 5.10. The van der Waals surface area contributed by atoms with Gasteiger partial charge in [-0.05, 0) is 31.5 Å². The second-order valence-electron chi connectivity index (χ2n) is 4.35. The summed E-state index contributed by atoms with van der Waals surface area (Å²) in [6.07, 6.45) is 0. The molecule has 0 aliphatic carbocycles. The molecule has 0 aliphatic rings. The molecular weight excluding hydrogens is 292 g/mol. The number of aryl methyl sites for hydroxylation is 1. The van der Waals surface area contributed by atoms with Crippen molar-refractivity contribution in [2.45, 2.75) is 19.1 Å². The van der Waals surface area contributed by atoms with Crippen LogP contribution in [0.1, 0.15) is 18.1 Å². The van der Waals surface area contributed by atoms with E-state index in [1.54, 1.807) is 25.1 Å². The third kappa shape index (κ3) is 4.48. The minimum atomic E-state index is -3.88. The molecule has 0 saturated carbocycles. The van der Waals surface area contributed by atoms with Crippen LogP contribution < -0.4 is 10.5 Å². The van der Waals surface area contributed by atoms with E-state index in [0.717, 1.165) is 7.11 Å². The highest BCUT2D eigenvalue weighted by molar-refractivity contribution is 7.94. The molecule has 0 fully saturated rings. The van der Waals surface area contributed by atoms with Gasteiger partial charge >= 0.3 is 5.97 Å². The fourth-order valence-corrected chi connectivity index (χ4v) is 2.55. The fourth-order valence-electron chi connectivity index (χ4n) is 1.50. The average Bonchev–Trinajstić information content (AvgIpc) is 2.46. The molecule has 0 heterocycles. The van der Waals surface area contributed by atoms with E-state index >= 15 is 0 Å². The van der Waals surface area contributed by atoms with E-state index in [4.69, 9.17) is 5.73 Å². The first-order chi connectivity index (χ1) is 9.81. The van der Waals surface area contributed by atoms with Crippen molar-refractivity contribution in [2.75, 3.05) is 18.4 Å². The highest BCUT2D eigenvalue weighted by Gasteiger charge is 2.29. The predicted molar refractivity (Wildman–Crippen MR) is 81.1 cm³/mol. The summed E-state index contributed by atoms with van der Waals surface area (Å²) in [5.74, 6) is 4.69. The lowest BCUT2D eigenvalue weighted by Gasteiger charge is -2.14. The normalized spacial score (nSPS) is 12.0. The highest BCUT2D eigenvalue weighted by Crippen LogP contribution is 2.19. The van der Waals surface area contributed by atoms with Crippen molar-refractivity contribution in [3.8, 4) is 11.8 Å². The van der Waals surface area contributed by atoms with Crippen LogP contribution in [0.4, 0.5) is 5.69 Å². The molecule has 1 aromatic rings. The van der Waals surface area contributed by atoms with E-state index in [2.05, 4.69) is 21.3 Å². The molecule has 6 nitrogen and oxygen atoms in total. The Morgan fingerprint density at radius 2 is 2.14 bits per heavy atom. The summed E-state index contributed by atoms with van der Waals surface area (Å²) in [7, 11) is -2.74. The Morgan fingerprint density at radius 3 is 2.71 bits per heavy atom. The van der Waals surface area contributed by atoms with Crippen LogP contribution in [-0.4, -0.2) is 33.3 Å². The lowest BCUT2D eigenvalue weighted by molar-refractivity contribution is -0.139. The van der Waals surface area contributed by atoms with Gasteiger partial charge in [-0.15, -0.1) is 0 Å². The van der Waals surface area contributed by atoms with Crippen LogP contribution in [0.15, 0.2) is 18.2 Å². The topological polar surface area (TPSA) is 98.5 Å². The average molecular weight is 310 g/mol. The zero-order chi connectivity index (χ0) is 16.0. The van der Waals surface area contributed by atoms with Gasteiger partial charge in [0.1, 0.15) is 0 Å². The Morgan fingerprint density at radius 1 is 1.48 bits per heavy atom. The third-order valence-corrected chi connectivity index (χ3v) is 4.45. The van der Waals surface area contributed by atoms with Crippen LogP contribution in [0.2, 0.25) is 0 Å². The van der Waals surface area contributed by atoms with Gasteiger partial charge in [-0.1, -0.05) is 17.9 Å². The maximum Gasteiger partial charge on any atom is 0.325 e. The summed E-state index contributed by atoms with van der Waals surface area (Å²) in [6.45, 7) is 3.23. The Kier molecular flexibility index (Phi) is 5.76. The van der Waals surface area contributed by atoms with Gasteiger partial charge < -0.3 is 10.5 Å². The maximum absolute atomic E-state index is 12.1. The van der Waals surface area contributed by atoms with E-state index in [1.807, 2.05) is 0 Å². The molecule has 0 radical (unpaired) electrons. The van der Waals surface area contributed by atoms with Crippen LogP contribution in [0.25, 0.3) is 0 Å². The largest absolute Gasteiger partial charge is 0.468 e. The molecule has 0 spiro atoms. The number of hydrogen-bond donors (Lipinski definition) is 2. The standard InChI is InChI=1S/C14H18N2O4S/c1-10-6-7-12(5-4-8-15)9-13(10)16-21(18,19)11(2)14(17)20-3/h6-7,9,11,16H,8,15H2,1-3H3. The molecule has 21 heavy (non-hydrogen) atoms. The van der Waals surface area contributed by atoms with E-state index in [0.29, 0.717) is 16.8 Å². The molecule has 7 heteroatoms. The number of benzene rings is 1. The van der Waals surface area contributed by atoms with Crippen molar-refractivity contribution in [3.05, 3.63) is 29.3 Å². The molecule has 1 unspecified atom stereocenters. The number of rotatable bonds is 4. The molecule has 1 rings (SSSR count). The van der Waals surface area contributed by atoms with E-state index in [1.165, 1.54) is 6.92 Å². The van der Waals surface area contributed by atoms with Crippen molar-refractivity contribution < 1.29 is 17.9 Å². The van der Waals surface area contributed by atoms with Gasteiger partial charge in [-0.3, -0.25) is 9.52 Å². The molecule has 3 N–H and O–H groups in total. The van der Waals surface area contributed by atoms with Gasteiger partial charge in [0.2, 0.25) is 10.0 Å². The van der Waals surface area contributed by atoms with Gasteiger partial charge in [-0.25, -0.2) is 8.42 Å². The Bertz CT molecular complexity index is 687. The SMILES string of the molecule is COC(=O)C(C)S(=O)(=O)Nc1cc(C#CCN)ccc1C. The molecular formula is C14H18N2O4S. The first-order valence-electron chi connectivity index (χ1n) is 6.21. The number of hydrogen-bond acceptors (Lipinski definition) is 5. The molecule has 1 atom stereocenters. The molecule has 0 bridgehead atoms. The summed E-state index contributed by atoms with van der Waals surface area (Å²) >= 11 is 0. The summed E-state index contributed by atoms with van der Waals surface area (Å²) in [4.78, 5) is 11.4. The second-order valence-corrected chi connectivity index (χ2v) is 6.35. The van der Waals surface area contributed by atoms with Crippen molar-refractivity contribution in [3.63, 3.8) is 0 Å². The summed E-state index contributed by atoms with van der Waals surface area (Å²) in [5, 5.41) is -1.30. The third-order valence-electron chi connectivity index (χ3n) is 2.82. The van der Waals surface area contributed by atoms with E-state index in [9.17, 15) is 13.2 Å². The Balaban J connectivity index is 3.09. The highest BCUT2D eigenvalue weighted by atomic mass is 32.2. The molecule has 0 amide bonds. The molecule has 0 aliphatic heterocycles. The maximum atomic E-state index is 12.1. The first-order valence-corrected chi connectivity index (χ1v) is 7.75. The van der Waals surface area contributed by atoms with E-state index in [-0.39, 0.29) is 6.54 Å². The van der Waals surface area contributed by atoms with Crippen LogP contribution in [0.3, 0.4) is 0 Å². The lowest BCUT2D eigenvalue weighted by Crippen LogP contribution is -2.33. The van der Waals surface area contributed by atoms with Crippen LogP contribution >= 0.6 is 0 Å². The predicted octanol–water partition coefficient (Wildman–Crippen LogP) is 0.608. The van der Waals surface area contributed by atoms with Gasteiger partial charge in [-0.2, -0.15) is 0 Å². The number of carbonyl (C=O) groups excluding carboxylic acids is 1. The van der Waals surface area contributed by atoms with Gasteiger partial charge in [0.25, 0.3) is 0 Å². The summed E-state index contributed by atoms with van der Waals surface area (Å²) in [5.41, 5.74) is 7.02. The monoisotopic (exact) mass is 310 g/mol. The second kappa shape index (κ2) is 7.11. The van der Waals surface area contributed by atoms with Crippen molar-refractivity contribution in [1.29, 1.82) is 0 Å². The number of carbonyl (C=O) groups is 1. The molecule has 0 aromatic heterocycles. The zero-order valence-corrected chi connectivity index (χ0v) is 13.0. The van der Waals surface area contributed by atoms with Crippen molar-refractivity contribution in [1.82, 2.24) is 0 Å². The van der Waals surface area contributed by atoms with Crippen LogP contribution in [0, 0.1) is 18.8 Å². The zero-order valence-electron chi connectivity index (χ0n) is 12.1. The number of anilines is 1. The van der Waals surface area contributed by atoms with Crippen LogP contribution in [-0.2, 0) is 19.6 Å². The number of esters is 1. The Labute approximate surface area is 124 Å². The first kappa shape index (κ1) is 17.0. The van der Waals surface area contributed by atoms with Crippen molar-refractivity contribution in [2.24, 2.45) is 5.73 Å².